The molecule has 2 aromatic heterocycles. The summed E-state index contributed by atoms with van der Waals surface area (Å²) in [6.07, 6.45) is 6.08. The largest absolute Gasteiger partial charge is 0.369 e. The zero-order valence-corrected chi connectivity index (χ0v) is 10.5. The van der Waals surface area contributed by atoms with E-state index in [1.807, 2.05) is 16.9 Å². The van der Waals surface area contributed by atoms with Crippen molar-refractivity contribution in [2.75, 3.05) is 11.9 Å². The zero-order valence-electron chi connectivity index (χ0n) is 8.98. The first-order valence-corrected chi connectivity index (χ1v) is 5.90. The molecule has 0 radical (unpaired) electrons. The lowest BCUT2D eigenvalue weighted by molar-refractivity contribution is 0.591. The summed E-state index contributed by atoms with van der Waals surface area (Å²) in [5.41, 5.74) is 0. The number of aryl methyl sites for hydroxylation is 1. The Hall–Kier alpha value is -1.33. The molecule has 0 aliphatic heterocycles. The molecule has 0 spiro atoms. The molecule has 0 aromatic carbocycles. The number of nitrogens with one attached hydrogen (secondary N) is 1. The second kappa shape index (κ2) is 5.84. The van der Waals surface area contributed by atoms with Crippen LogP contribution in [0.5, 0.6) is 0 Å². The van der Waals surface area contributed by atoms with Gasteiger partial charge in [-0.15, -0.1) is 0 Å². The Balaban J connectivity index is 1.80. The predicted molar refractivity (Wildman–Crippen MR) is 67.4 cm³/mol. The van der Waals surface area contributed by atoms with Gasteiger partial charge in [0.1, 0.15) is 10.8 Å². The average molecular weight is 272 g/mol. The summed E-state index contributed by atoms with van der Waals surface area (Å²) in [5.74, 6) is 0.562. The zero-order chi connectivity index (χ0) is 12.1. The smallest absolute Gasteiger partial charge is 0.224 e. The van der Waals surface area contributed by atoms with Crippen LogP contribution in [0.4, 0.5) is 5.82 Å². The second-order valence-corrected chi connectivity index (χ2v) is 4.13. The van der Waals surface area contributed by atoms with E-state index in [1.165, 1.54) is 6.20 Å². The minimum absolute atomic E-state index is 0.184. The van der Waals surface area contributed by atoms with Crippen molar-refractivity contribution in [2.45, 2.75) is 13.0 Å². The summed E-state index contributed by atoms with van der Waals surface area (Å²) < 4.78 is 1.87. The number of hydrogen-bond acceptors (Lipinski definition) is 4. The van der Waals surface area contributed by atoms with Crippen LogP contribution in [0.1, 0.15) is 6.42 Å². The first-order chi connectivity index (χ1) is 8.25. The molecule has 0 bridgehead atoms. The van der Waals surface area contributed by atoms with Crippen LogP contribution in [0.15, 0.2) is 24.7 Å². The van der Waals surface area contributed by atoms with Gasteiger partial charge >= 0.3 is 0 Å². The van der Waals surface area contributed by atoms with Gasteiger partial charge in [-0.3, -0.25) is 4.68 Å². The van der Waals surface area contributed by atoms with E-state index in [4.69, 9.17) is 23.2 Å². The molecule has 0 aliphatic carbocycles. The highest BCUT2D eigenvalue weighted by molar-refractivity contribution is 6.33. The van der Waals surface area contributed by atoms with Crippen molar-refractivity contribution in [3.05, 3.63) is 35.0 Å². The number of nitrogens with zero attached hydrogens (tertiary/aromatic N) is 4. The maximum atomic E-state index is 5.91. The van der Waals surface area contributed by atoms with Crippen molar-refractivity contribution >= 4 is 29.0 Å². The van der Waals surface area contributed by atoms with Crippen LogP contribution in [0.3, 0.4) is 0 Å². The number of aromatic nitrogens is 4. The highest BCUT2D eigenvalue weighted by Crippen LogP contribution is 2.18. The molecule has 7 heteroatoms. The summed E-state index contributed by atoms with van der Waals surface area (Å²) in [6, 6.07) is 1.90. The molecule has 0 fully saturated rings. The molecule has 0 unspecified atom stereocenters. The molecule has 5 nitrogen and oxygen atoms in total. The summed E-state index contributed by atoms with van der Waals surface area (Å²) >= 11 is 11.6. The predicted octanol–water partition coefficient (Wildman–Crippen LogP) is 2.48. The van der Waals surface area contributed by atoms with Crippen LogP contribution in [-0.2, 0) is 6.54 Å². The van der Waals surface area contributed by atoms with E-state index in [1.54, 1.807) is 6.20 Å². The van der Waals surface area contributed by atoms with Gasteiger partial charge in [-0.25, -0.2) is 4.98 Å². The monoisotopic (exact) mass is 271 g/mol. The minimum atomic E-state index is 0.184. The number of rotatable bonds is 5. The topological polar surface area (TPSA) is 55.6 Å². The summed E-state index contributed by atoms with van der Waals surface area (Å²) in [6.45, 7) is 1.59. The van der Waals surface area contributed by atoms with Crippen molar-refractivity contribution in [2.24, 2.45) is 0 Å². The Labute approximate surface area is 109 Å². The van der Waals surface area contributed by atoms with Gasteiger partial charge in [0.25, 0.3) is 0 Å². The highest BCUT2D eigenvalue weighted by Gasteiger charge is 2.02. The normalized spacial score (nSPS) is 10.5. The Morgan fingerprint density at radius 3 is 3.00 bits per heavy atom. The first-order valence-electron chi connectivity index (χ1n) is 5.15. The molecule has 0 amide bonds. The maximum Gasteiger partial charge on any atom is 0.224 e. The number of halogens is 2. The van der Waals surface area contributed by atoms with Crippen LogP contribution in [0, 0.1) is 0 Å². The van der Waals surface area contributed by atoms with Crippen molar-refractivity contribution in [3.63, 3.8) is 0 Å². The van der Waals surface area contributed by atoms with E-state index in [0.717, 1.165) is 19.5 Å². The number of hydrogen-bond donors (Lipinski definition) is 1. The standard InChI is InChI=1S/C10H11Cl2N5/c11-8-7-14-10(12)16-9(8)13-3-1-5-17-6-2-4-15-17/h2,4,6-7H,1,3,5H2,(H,13,14,16). The van der Waals surface area contributed by atoms with Crippen molar-refractivity contribution < 1.29 is 0 Å². The Morgan fingerprint density at radius 2 is 2.24 bits per heavy atom. The molecule has 2 heterocycles. The van der Waals surface area contributed by atoms with Gasteiger partial charge in [0.15, 0.2) is 0 Å². The average Bonchev–Trinajstić information content (AvgIpc) is 2.82. The summed E-state index contributed by atoms with van der Waals surface area (Å²) in [7, 11) is 0. The van der Waals surface area contributed by atoms with Crippen molar-refractivity contribution in [1.82, 2.24) is 19.7 Å². The molecular formula is C10H11Cl2N5. The van der Waals surface area contributed by atoms with Gasteiger partial charge in [-0.2, -0.15) is 10.1 Å². The Morgan fingerprint density at radius 1 is 1.35 bits per heavy atom. The molecule has 0 saturated carbocycles. The van der Waals surface area contributed by atoms with E-state index in [-0.39, 0.29) is 5.28 Å². The Kier molecular flexibility index (Phi) is 4.17. The third kappa shape index (κ3) is 3.57. The quantitative estimate of drug-likeness (QED) is 0.671. The van der Waals surface area contributed by atoms with Gasteiger partial charge in [-0.05, 0) is 24.1 Å². The fourth-order valence-corrected chi connectivity index (χ4v) is 1.64. The number of anilines is 1. The molecule has 2 rings (SSSR count). The third-order valence-corrected chi connectivity index (χ3v) is 2.59. The first kappa shape index (κ1) is 12.1. The molecule has 0 atom stereocenters. The fourth-order valence-electron chi connectivity index (χ4n) is 1.35. The van der Waals surface area contributed by atoms with E-state index in [9.17, 15) is 0 Å². The van der Waals surface area contributed by atoms with Crippen LogP contribution >= 0.6 is 23.2 Å². The molecule has 0 aliphatic rings. The maximum absolute atomic E-state index is 5.91. The van der Waals surface area contributed by atoms with Gasteiger partial charge in [0.05, 0.1) is 6.20 Å². The highest BCUT2D eigenvalue weighted by atomic mass is 35.5. The van der Waals surface area contributed by atoms with E-state index >= 15 is 0 Å². The van der Waals surface area contributed by atoms with Gasteiger partial charge in [-0.1, -0.05) is 11.6 Å². The second-order valence-electron chi connectivity index (χ2n) is 3.39. The SMILES string of the molecule is Clc1ncc(Cl)c(NCCCn2cccn2)n1. The minimum Gasteiger partial charge on any atom is -0.369 e. The molecule has 17 heavy (non-hydrogen) atoms. The lowest BCUT2D eigenvalue weighted by atomic mass is 10.4. The van der Waals surface area contributed by atoms with Crippen molar-refractivity contribution in [1.29, 1.82) is 0 Å². The van der Waals surface area contributed by atoms with Gasteiger partial charge in [0, 0.05) is 25.5 Å². The van der Waals surface area contributed by atoms with Crippen LogP contribution in [0.2, 0.25) is 10.3 Å². The molecule has 90 valence electrons. The molecule has 0 saturated heterocycles. The lowest BCUT2D eigenvalue weighted by Crippen LogP contribution is -2.08. The molecular weight excluding hydrogens is 261 g/mol. The van der Waals surface area contributed by atoms with Crippen LogP contribution in [-0.4, -0.2) is 26.3 Å². The molecule has 1 N–H and O–H groups in total. The van der Waals surface area contributed by atoms with E-state index in [2.05, 4.69) is 20.4 Å². The molecule has 2 aromatic rings. The van der Waals surface area contributed by atoms with Gasteiger partial charge in [0.2, 0.25) is 5.28 Å². The lowest BCUT2D eigenvalue weighted by Gasteiger charge is -2.07. The van der Waals surface area contributed by atoms with Crippen molar-refractivity contribution in [3.8, 4) is 0 Å². The summed E-state index contributed by atoms with van der Waals surface area (Å²) in [4.78, 5) is 7.77. The van der Waals surface area contributed by atoms with Crippen LogP contribution in [0.25, 0.3) is 0 Å². The fraction of sp³-hybridized carbons (Fsp3) is 0.300. The van der Waals surface area contributed by atoms with E-state index < -0.39 is 0 Å². The van der Waals surface area contributed by atoms with E-state index in [0.29, 0.717) is 10.8 Å². The summed E-state index contributed by atoms with van der Waals surface area (Å²) in [5, 5.41) is 7.87. The van der Waals surface area contributed by atoms with Crippen LogP contribution < -0.4 is 5.32 Å². The Bertz CT molecular complexity index is 472. The third-order valence-electron chi connectivity index (χ3n) is 2.13. The van der Waals surface area contributed by atoms with Gasteiger partial charge < -0.3 is 5.32 Å².